The first-order chi connectivity index (χ1) is 10.1. The summed E-state index contributed by atoms with van der Waals surface area (Å²) in [6, 6.07) is 15.9. The zero-order valence-electron chi connectivity index (χ0n) is 12.8. The maximum atomic E-state index is 10.4. The lowest BCUT2D eigenvalue weighted by Gasteiger charge is -2.20. The second-order valence-corrected chi connectivity index (χ2v) is 5.34. The van der Waals surface area contributed by atoms with Crippen LogP contribution in [0.3, 0.4) is 0 Å². The van der Waals surface area contributed by atoms with Gasteiger partial charge < -0.3 is 9.80 Å². The molecule has 0 aliphatic heterocycles. The summed E-state index contributed by atoms with van der Waals surface area (Å²) in [5.41, 5.74) is 4.09. The van der Waals surface area contributed by atoms with Crippen molar-refractivity contribution in [2.45, 2.75) is 6.42 Å². The van der Waals surface area contributed by atoms with Crippen molar-refractivity contribution in [2.24, 2.45) is 5.18 Å². The molecular weight excluding hydrogens is 262 g/mol. The van der Waals surface area contributed by atoms with E-state index in [4.69, 9.17) is 0 Å². The maximum absolute atomic E-state index is 10.4. The van der Waals surface area contributed by atoms with Crippen molar-refractivity contribution in [3.63, 3.8) is 0 Å². The second kappa shape index (κ2) is 6.88. The molecule has 2 aromatic rings. The minimum Gasteiger partial charge on any atom is -0.378 e. The van der Waals surface area contributed by atoms with Crippen molar-refractivity contribution in [1.29, 1.82) is 0 Å². The summed E-state index contributed by atoms with van der Waals surface area (Å²) in [6.45, 7) is 0.921. The van der Waals surface area contributed by atoms with Gasteiger partial charge in [0.05, 0.1) is 0 Å². The largest absolute Gasteiger partial charge is 0.378 e. The highest BCUT2D eigenvalue weighted by molar-refractivity contribution is 5.52. The number of nitrogens with zero attached hydrogens (tertiary/aromatic N) is 3. The van der Waals surface area contributed by atoms with E-state index in [9.17, 15) is 4.91 Å². The molecule has 110 valence electrons. The van der Waals surface area contributed by atoms with Gasteiger partial charge in [0.1, 0.15) is 5.69 Å². The number of anilines is 2. The molecule has 0 amide bonds. The highest BCUT2D eigenvalue weighted by atomic mass is 16.3. The van der Waals surface area contributed by atoms with Crippen molar-refractivity contribution >= 4 is 17.1 Å². The number of hydrogen-bond acceptors (Lipinski definition) is 4. The Labute approximate surface area is 126 Å². The Morgan fingerprint density at radius 3 is 2.29 bits per heavy atom. The van der Waals surface area contributed by atoms with Crippen LogP contribution >= 0.6 is 0 Å². The van der Waals surface area contributed by atoms with Crippen LogP contribution in [-0.4, -0.2) is 27.7 Å². The van der Waals surface area contributed by atoms with Gasteiger partial charge in [-0.05, 0) is 53.6 Å². The highest BCUT2D eigenvalue weighted by Crippen LogP contribution is 2.19. The summed E-state index contributed by atoms with van der Waals surface area (Å²) in [7, 11) is 6.15. The fraction of sp³-hybridized carbons (Fsp3) is 0.294. The molecular formula is C17H21N3O. The maximum Gasteiger partial charge on any atom is 0.108 e. The number of nitroso groups, excluding NO2 is 1. The van der Waals surface area contributed by atoms with Crippen LogP contribution in [0, 0.1) is 4.91 Å². The minimum absolute atomic E-state index is 0.464. The average molecular weight is 283 g/mol. The molecule has 0 saturated heterocycles. The first kappa shape index (κ1) is 15.0. The zero-order chi connectivity index (χ0) is 15.2. The van der Waals surface area contributed by atoms with E-state index in [-0.39, 0.29) is 0 Å². The fourth-order valence-corrected chi connectivity index (χ4v) is 2.18. The lowest BCUT2D eigenvalue weighted by molar-refractivity contribution is 0.876. The Hall–Kier alpha value is -2.36. The molecule has 0 radical (unpaired) electrons. The summed E-state index contributed by atoms with van der Waals surface area (Å²) in [5.74, 6) is 0. The second-order valence-electron chi connectivity index (χ2n) is 5.34. The van der Waals surface area contributed by atoms with Crippen LogP contribution in [0.4, 0.5) is 17.1 Å². The minimum atomic E-state index is 0.464. The van der Waals surface area contributed by atoms with Crippen molar-refractivity contribution < 1.29 is 0 Å². The molecule has 2 aromatic carbocycles. The van der Waals surface area contributed by atoms with Crippen molar-refractivity contribution in [3.8, 4) is 0 Å². The number of likely N-dealkylation sites (N-methyl/N-ethyl adjacent to an activating group) is 1. The van der Waals surface area contributed by atoms with Gasteiger partial charge in [-0.1, -0.05) is 12.1 Å². The van der Waals surface area contributed by atoms with Crippen LogP contribution in [0.2, 0.25) is 0 Å². The summed E-state index contributed by atoms with van der Waals surface area (Å²) in [4.78, 5) is 14.7. The lowest BCUT2D eigenvalue weighted by Crippen LogP contribution is -2.20. The molecule has 4 nitrogen and oxygen atoms in total. The average Bonchev–Trinajstić information content (AvgIpc) is 2.53. The molecule has 0 aliphatic rings. The van der Waals surface area contributed by atoms with E-state index in [0.717, 1.165) is 18.7 Å². The van der Waals surface area contributed by atoms with E-state index >= 15 is 0 Å². The molecule has 0 unspecified atom stereocenters. The molecule has 0 heterocycles. The van der Waals surface area contributed by atoms with Crippen LogP contribution in [0.25, 0.3) is 0 Å². The van der Waals surface area contributed by atoms with E-state index in [2.05, 4.69) is 46.3 Å². The molecule has 4 heteroatoms. The first-order valence-electron chi connectivity index (χ1n) is 7.01. The standard InChI is InChI=1S/C17H21N3O/c1-19(2)17-6-4-5-14(13-17)11-12-20(3)16-9-7-15(18-21)8-10-16/h4-10,13H,11-12H2,1-3H3. The summed E-state index contributed by atoms with van der Waals surface area (Å²) in [6.07, 6.45) is 0.978. The van der Waals surface area contributed by atoms with Crippen molar-refractivity contribution in [3.05, 3.63) is 59.0 Å². The van der Waals surface area contributed by atoms with E-state index in [1.54, 1.807) is 12.1 Å². The summed E-state index contributed by atoms with van der Waals surface area (Å²) in [5, 5.41) is 2.92. The molecule has 2 rings (SSSR count). The van der Waals surface area contributed by atoms with Gasteiger partial charge >= 0.3 is 0 Å². The van der Waals surface area contributed by atoms with Gasteiger partial charge in [-0.2, -0.15) is 0 Å². The molecule has 0 fully saturated rings. The smallest absolute Gasteiger partial charge is 0.108 e. The Kier molecular flexibility index (Phi) is 4.93. The van der Waals surface area contributed by atoms with Gasteiger partial charge in [0.25, 0.3) is 0 Å². The Balaban J connectivity index is 1.98. The van der Waals surface area contributed by atoms with Gasteiger partial charge in [-0.3, -0.25) is 0 Å². The summed E-state index contributed by atoms with van der Waals surface area (Å²) < 4.78 is 0. The van der Waals surface area contributed by atoms with Crippen LogP contribution in [0.1, 0.15) is 5.56 Å². The molecule has 0 aromatic heterocycles. The topological polar surface area (TPSA) is 35.9 Å². The molecule has 21 heavy (non-hydrogen) atoms. The molecule has 0 aliphatic carbocycles. The number of benzene rings is 2. The Morgan fingerprint density at radius 1 is 0.952 bits per heavy atom. The zero-order valence-corrected chi connectivity index (χ0v) is 12.8. The van der Waals surface area contributed by atoms with Crippen LogP contribution < -0.4 is 9.80 Å². The van der Waals surface area contributed by atoms with Gasteiger partial charge in [-0.25, -0.2) is 0 Å². The molecule has 0 spiro atoms. The highest BCUT2D eigenvalue weighted by Gasteiger charge is 2.03. The molecule has 0 atom stereocenters. The SMILES string of the molecule is CN(C)c1cccc(CCN(C)c2ccc(N=O)cc2)c1. The Bertz CT molecular complexity index is 593. The van der Waals surface area contributed by atoms with Gasteiger partial charge in [0.2, 0.25) is 0 Å². The quantitative estimate of drug-likeness (QED) is 0.756. The number of rotatable bonds is 6. The fourth-order valence-electron chi connectivity index (χ4n) is 2.18. The van der Waals surface area contributed by atoms with Crippen LogP contribution in [0.5, 0.6) is 0 Å². The third-order valence-electron chi connectivity index (χ3n) is 3.56. The van der Waals surface area contributed by atoms with Gasteiger partial charge in [-0.15, -0.1) is 4.91 Å². The summed E-state index contributed by atoms with van der Waals surface area (Å²) >= 11 is 0. The van der Waals surface area contributed by atoms with Crippen molar-refractivity contribution in [1.82, 2.24) is 0 Å². The van der Waals surface area contributed by atoms with E-state index in [1.165, 1.54) is 11.3 Å². The number of hydrogen-bond donors (Lipinski definition) is 0. The van der Waals surface area contributed by atoms with Crippen LogP contribution in [-0.2, 0) is 6.42 Å². The van der Waals surface area contributed by atoms with E-state index < -0.39 is 0 Å². The Morgan fingerprint density at radius 2 is 1.67 bits per heavy atom. The van der Waals surface area contributed by atoms with Crippen LogP contribution in [0.15, 0.2) is 53.7 Å². The molecule has 0 saturated carbocycles. The van der Waals surface area contributed by atoms with E-state index in [0.29, 0.717) is 5.69 Å². The van der Waals surface area contributed by atoms with Crippen molar-refractivity contribution in [2.75, 3.05) is 37.5 Å². The third-order valence-corrected chi connectivity index (χ3v) is 3.56. The molecule has 0 bridgehead atoms. The monoisotopic (exact) mass is 283 g/mol. The lowest BCUT2D eigenvalue weighted by atomic mass is 10.1. The normalized spacial score (nSPS) is 10.2. The van der Waals surface area contributed by atoms with Gasteiger partial charge in [0.15, 0.2) is 0 Å². The first-order valence-corrected chi connectivity index (χ1v) is 7.01. The predicted octanol–water partition coefficient (Wildman–Crippen LogP) is 3.83. The predicted molar refractivity (Wildman–Crippen MR) is 89.6 cm³/mol. The van der Waals surface area contributed by atoms with E-state index in [1.807, 2.05) is 26.2 Å². The molecule has 0 N–H and O–H groups in total. The third kappa shape index (κ3) is 4.05. The van der Waals surface area contributed by atoms with Gasteiger partial charge in [0, 0.05) is 39.1 Å².